The molecule has 2 amide bonds. The number of ether oxygens (including phenoxy) is 2. The minimum Gasteiger partial charge on any atom is -0.497 e. The average Bonchev–Trinajstić information content (AvgIpc) is 3.10. The highest BCUT2D eigenvalue weighted by Gasteiger charge is 2.41. The Hall–Kier alpha value is -4.06. The van der Waals surface area contributed by atoms with E-state index in [9.17, 15) is 9.59 Å². The lowest BCUT2D eigenvalue weighted by atomic mass is 10.0. The predicted molar refractivity (Wildman–Crippen MR) is 128 cm³/mol. The van der Waals surface area contributed by atoms with Crippen LogP contribution in [0.15, 0.2) is 84.6 Å². The van der Waals surface area contributed by atoms with Crippen LogP contribution in [0.4, 0.5) is 5.69 Å². The summed E-state index contributed by atoms with van der Waals surface area (Å²) >= 11 is 0. The van der Waals surface area contributed by atoms with Gasteiger partial charge in [0, 0.05) is 19.7 Å². The molecule has 33 heavy (non-hydrogen) atoms. The number of hydrogen-bond acceptors (Lipinski definition) is 5. The van der Waals surface area contributed by atoms with Gasteiger partial charge in [-0.3, -0.25) is 9.59 Å². The van der Waals surface area contributed by atoms with Gasteiger partial charge < -0.3 is 14.4 Å². The number of carbonyl (C=O) groups is 2. The summed E-state index contributed by atoms with van der Waals surface area (Å²) < 4.78 is 10.8. The van der Waals surface area contributed by atoms with Crippen molar-refractivity contribution < 1.29 is 19.1 Å². The lowest BCUT2D eigenvalue weighted by Crippen LogP contribution is -2.34. The Kier molecular flexibility index (Phi) is 6.45. The number of methoxy groups -OCH3 is 1. The smallest absolute Gasteiger partial charge is 0.282 e. The largest absolute Gasteiger partial charge is 0.497 e. The maximum Gasteiger partial charge on any atom is 0.282 e. The molecule has 0 atom stereocenters. The van der Waals surface area contributed by atoms with Gasteiger partial charge in [0.1, 0.15) is 17.2 Å². The molecule has 0 spiro atoms. The first-order chi connectivity index (χ1) is 16.0. The third kappa shape index (κ3) is 4.46. The van der Waals surface area contributed by atoms with E-state index in [1.807, 2.05) is 73.5 Å². The Bertz CT molecular complexity index is 1190. The van der Waals surface area contributed by atoms with Gasteiger partial charge in [-0.15, -0.1) is 0 Å². The normalized spacial score (nSPS) is 13.5. The van der Waals surface area contributed by atoms with Crippen LogP contribution in [-0.2, 0) is 16.1 Å². The molecule has 0 saturated heterocycles. The zero-order valence-electron chi connectivity index (χ0n) is 18.9. The van der Waals surface area contributed by atoms with Crippen molar-refractivity contribution >= 4 is 23.1 Å². The van der Waals surface area contributed by atoms with Crippen molar-refractivity contribution in [1.82, 2.24) is 4.90 Å². The van der Waals surface area contributed by atoms with E-state index in [1.54, 1.807) is 31.4 Å². The molecular weight excluding hydrogens is 416 g/mol. The highest BCUT2D eigenvalue weighted by Crippen LogP contribution is 2.36. The van der Waals surface area contributed by atoms with Crippen LogP contribution in [0.25, 0.3) is 5.57 Å². The first-order valence-electron chi connectivity index (χ1n) is 10.8. The number of carbonyl (C=O) groups excluding carboxylic acids is 2. The molecule has 0 N–H and O–H groups in total. The van der Waals surface area contributed by atoms with E-state index in [0.29, 0.717) is 47.2 Å². The SMILES string of the molecule is CCOc1ccc(C2=C(N(C)Cc3ccccc3)C(=O)N(c3cccc(OC)c3)C2=O)cc1. The van der Waals surface area contributed by atoms with Gasteiger partial charge >= 0.3 is 0 Å². The predicted octanol–water partition coefficient (Wildman–Crippen LogP) is 4.51. The van der Waals surface area contributed by atoms with Crippen LogP contribution < -0.4 is 14.4 Å². The molecule has 4 rings (SSSR count). The fourth-order valence-electron chi connectivity index (χ4n) is 3.94. The third-order valence-electron chi connectivity index (χ3n) is 5.47. The lowest BCUT2D eigenvalue weighted by molar-refractivity contribution is -0.120. The molecule has 0 aromatic heterocycles. The summed E-state index contributed by atoms with van der Waals surface area (Å²) in [7, 11) is 3.38. The number of amides is 2. The van der Waals surface area contributed by atoms with Crippen LogP contribution in [0.1, 0.15) is 18.1 Å². The zero-order chi connectivity index (χ0) is 23.4. The van der Waals surface area contributed by atoms with E-state index >= 15 is 0 Å². The van der Waals surface area contributed by atoms with Gasteiger partial charge in [0.2, 0.25) is 0 Å². The quantitative estimate of drug-likeness (QED) is 0.481. The Morgan fingerprint density at radius 3 is 2.24 bits per heavy atom. The van der Waals surface area contributed by atoms with Crippen LogP contribution in [0, 0.1) is 0 Å². The molecule has 0 radical (unpaired) electrons. The summed E-state index contributed by atoms with van der Waals surface area (Å²) in [6.07, 6.45) is 0. The molecule has 0 unspecified atom stereocenters. The second-order valence-electron chi connectivity index (χ2n) is 7.67. The number of nitrogens with zero attached hydrogens (tertiary/aromatic N) is 2. The second-order valence-corrected chi connectivity index (χ2v) is 7.67. The van der Waals surface area contributed by atoms with E-state index in [2.05, 4.69) is 0 Å². The van der Waals surface area contributed by atoms with Crippen molar-refractivity contribution in [2.45, 2.75) is 13.5 Å². The van der Waals surface area contributed by atoms with Crippen LogP contribution >= 0.6 is 0 Å². The van der Waals surface area contributed by atoms with Gasteiger partial charge in [0.05, 0.1) is 25.0 Å². The molecular formula is C27H26N2O4. The van der Waals surface area contributed by atoms with Gasteiger partial charge in [-0.1, -0.05) is 48.5 Å². The van der Waals surface area contributed by atoms with Crippen LogP contribution in [0.3, 0.4) is 0 Å². The lowest BCUT2D eigenvalue weighted by Gasteiger charge is -2.22. The van der Waals surface area contributed by atoms with E-state index in [4.69, 9.17) is 9.47 Å². The zero-order valence-corrected chi connectivity index (χ0v) is 18.9. The van der Waals surface area contributed by atoms with E-state index in [1.165, 1.54) is 4.90 Å². The fraction of sp³-hybridized carbons (Fsp3) is 0.185. The van der Waals surface area contributed by atoms with Crippen molar-refractivity contribution in [1.29, 1.82) is 0 Å². The number of hydrogen-bond donors (Lipinski definition) is 0. The molecule has 0 aliphatic carbocycles. The maximum absolute atomic E-state index is 13.6. The number of likely N-dealkylation sites (N-methyl/N-ethyl adjacent to an activating group) is 1. The van der Waals surface area contributed by atoms with E-state index < -0.39 is 0 Å². The summed E-state index contributed by atoms with van der Waals surface area (Å²) in [5.74, 6) is 0.548. The van der Waals surface area contributed by atoms with Crippen molar-refractivity contribution in [3.05, 3.63) is 95.7 Å². The summed E-state index contributed by atoms with van der Waals surface area (Å²) in [5.41, 5.74) is 2.90. The van der Waals surface area contributed by atoms with Crippen molar-refractivity contribution in [3.8, 4) is 11.5 Å². The molecule has 168 valence electrons. The fourth-order valence-corrected chi connectivity index (χ4v) is 3.94. The van der Waals surface area contributed by atoms with E-state index in [0.717, 1.165) is 5.56 Å². The molecule has 0 saturated carbocycles. The number of imide groups is 1. The molecule has 6 heteroatoms. The topological polar surface area (TPSA) is 59.1 Å². The first-order valence-corrected chi connectivity index (χ1v) is 10.8. The van der Waals surface area contributed by atoms with Gasteiger partial charge in [-0.2, -0.15) is 0 Å². The van der Waals surface area contributed by atoms with Crippen LogP contribution in [-0.4, -0.2) is 37.5 Å². The molecule has 1 aliphatic rings. The Morgan fingerprint density at radius 2 is 1.58 bits per heavy atom. The van der Waals surface area contributed by atoms with Gasteiger partial charge in [0.15, 0.2) is 0 Å². The summed E-state index contributed by atoms with van der Waals surface area (Å²) in [6.45, 7) is 2.95. The minimum absolute atomic E-state index is 0.357. The number of rotatable bonds is 8. The van der Waals surface area contributed by atoms with Crippen molar-refractivity contribution in [2.75, 3.05) is 25.7 Å². The monoisotopic (exact) mass is 442 g/mol. The first kappa shape index (κ1) is 22.1. The summed E-state index contributed by atoms with van der Waals surface area (Å²) in [4.78, 5) is 30.3. The molecule has 1 aliphatic heterocycles. The van der Waals surface area contributed by atoms with E-state index in [-0.39, 0.29) is 11.8 Å². The van der Waals surface area contributed by atoms with Gasteiger partial charge in [-0.05, 0) is 42.3 Å². The Balaban J connectivity index is 1.78. The van der Waals surface area contributed by atoms with Crippen LogP contribution in [0.5, 0.6) is 11.5 Å². The van der Waals surface area contributed by atoms with Gasteiger partial charge in [0.25, 0.3) is 11.8 Å². The number of benzene rings is 3. The molecule has 3 aromatic rings. The molecule has 6 nitrogen and oxygen atoms in total. The third-order valence-corrected chi connectivity index (χ3v) is 5.47. The second kappa shape index (κ2) is 9.61. The van der Waals surface area contributed by atoms with Crippen molar-refractivity contribution in [3.63, 3.8) is 0 Å². The Labute approximate surface area is 193 Å². The standard InChI is InChI=1S/C27H26N2O4/c1-4-33-22-15-13-20(14-16-22)24-25(28(2)18-19-9-6-5-7-10-19)27(31)29(26(24)30)21-11-8-12-23(17-21)32-3/h5-17H,4,18H2,1-3H3. The number of anilines is 1. The average molecular weight is 443 g/mol. The highest BCUT2D eigenvalue weighted by atomic mass is 16.5. The highest BCUT2D eigenvalue weighted by molar-refractivity contribution is 6.45. The van der Waals surface area contributed by atoms with Crippen molar-refractivity contribution in [2.24, 2.45) is 0 Å². The molecule has 0 fully saturated rings. The Morgan fingerprint density at radius 1 is 0.848 bits per heavy atom. The summed E-state index contributed by atoms with van der Waals surface area (Å²) in [5, 5.41) is 0. The minimum atomic E-state index is -0.368. The molecule has 0 bridgehead atoms. The molecule has 3 aromatic carbocycles. The summed E-state index contributed by atoms with van der Waals surface area (Å²) in [6, 6.07) is 24.1. The molecule has 1 heterocycles. The van der Waals surface area contributed by atoms with Crippen LogP contribution in [0.2, 0.25) is 0 Å². The van der Waals surface area contributed by atoms with Gasteiger partial charge in [-0.25, -0.2) is 4.90 Å². The maximum atomic E-state index is 13.6.